The number of carbonyl (C=O) groups excluding carboxylic acids is 1. The van der Waals surface area contributed by atoms with Crippen LogP contribution in [0.15, 0.2) is 66.1 Å². The maximum Gasteiger partial charge on any atom is 0.416 e. The van der Waals surface area contributed by atoms with Gasteiger partial charge < -0.3 is 5.32 Å². The molecule has 0 aliphatic rings. The highest BCUT2D eigenvalue weighted by atomic mass is 19.4. The molecule has 4 rings (SSSR count). The number of halogens is 3. The second-order valence-electron chi connectivity index (χ2n) is 6.97. The lowest BCUT2D eigenvalue weighted by atomic mass is 10.2. The smallest absolute Gasteiger partial charge is 0.346 e. The van der Waals surface area contributed by atoms with Crippen LogP contribution >= 0.6 is 0 Å². The molecule has 0 radical (unpaired) electrons. The number of hydrogen-bond acceptors (Lipinski definition) is 6. The summed E-state index contributed by atoms with van der Waals surface area (Å²) in [6.45, 7) is 1.51. The van der Waals surface area contributed by atoms with E-state index in [1.807, 2.05) is 0 Å². The highest BCUT2D eigenvalue weighted by Crippen LogP contribution is 2.30. The topological polar surface area (TPSA) is 108 Å². The van der Waals surface area contributed by atoms with E-state index in [9.17, 15) is 22.8 Å². The standard InChI is InChI=1S/C21H16F3N7O2/c1-13-8-17(32)18(29-31(13)16-6-2-5-15(9-16)21(22,23)24)20(33)27-10-14-4-3-7-26-19(14)30-12-25-11-28-30/h2-9,11-12H,10H2,1H3,(H,27,33). The van der Waals surface area contributed by atoms with Crippen molar-refractivity contribution >= 4 is 5.91 Å². The predicted octanol–water partition coefficient (Wildman–Crippen LogP) is 2.47. The molecule has 1 aromatic carbocycles. The van der Waals surface area contributed by atoms with Crippen LogP contribution in [0, 0.1) is 6.92 Å². The SMILES string of the molecule is Cc1cc(=O)c(C(=O)NCc2cccnc2-n2cncn2)nn1-c1cccc(C(F)(F)F)c1. The number of amides is 1. The van der Waals surface area contributed by atoms with E-state index in [1.54, 1.807) is 18.3 Å². The fraction of sp³-hybridized carbons (Fsp3) is 0.143. The Morgan fingerprint density at radius 1 is 1.15 bits per heavy atom. The number of benzene rings is 1. The number of aromatic nitrogens is 6. The molecular weight excluding hydrogens is 439 g/mol. The van der Waals surface area contributed by atoms with Crippen molar-refractivity contribution < 1.29 is 18.0 Å². The van der Waals surface area contributed by atoms with Gasteiger partial charge >= 0.3 is 6.18 Å². The van der Waals surface area contributed by atoms with E-state index in [2.05, 4.69) is 25.5 Å². The Morgan fingerprint density at radius 2 is 1.97 bits per heavy atom. The first-order chi connectivity index (χ1) is 15.7. The zero-order chi connectivity index (χ0) is 23.6. The largest absolute Gasteiger partial charge is 0.416 e. The highest BCUT2D eigenvalue weighted by molar-refractivity contribution is 5.92. The number of alkyl halides is 3. The number of pyridine rings is 1. The lowest BCUT2D eigenvalue weighted by Crippen LogP contribution is -2.32. The van der Waals surface area contributed by atoms with Gasteiger partial charge in [0.1, 0.15) is 12.7 Å². The second kappa shape index (κ2) is 8.65. The van der Waals surface area contributed by atoms with Crippen molar-refractivity contribution in [2.45, 2.75) is 19.6 Å². The zero-order valence-electron chi connectivity index (χ0n) is 17.1. The monoisotopic (exact) mass is 455 g/mol. The number of nitrogens with one attached hydrogen (secondary N) is 1. The van der Waals surface area contributed by atoms with Crippen LogP contribution in [0.1, 0.15) is 27.3 Å². The fourth-order valence-electron chi connectivity index (χ4n) is 3.13. The average molecular weight is 455 g/mol. The van der Waals surface area contributed by atoms with Gasteiger partial charge in [0.15, 0.2) is 11.5 Å². The minimum absolute atomic E-state index is 0.000419. The number of aryl methyl sites for hydroxylation is 1. The molecule has 3 aromatic heterocycles. The third kappa shape index (κ3) is 4.63. The van der Waals surface area contributed by atoms with E-state index in [1.165, 1.54) is 36.4 Å². The van der Waals surface area contributed by atoms with Crippen molar-refractivity contribution in [1.29, 1.82) is 0 Å². The summed E-state index contributed by atoms with van der Waals surface area (Å²) in [7, 11) is 0. The number of nitrogens with zero attached hydrogens (tertiary/aromatic N) is 6. The summed E-state index contributed by atoms with van der Waals surface area (Å²) in [5, 5.41) is 10.6. The van der Waals surface area contributed by atoms with Crippen molar-refractivity contribution in [3.63, 3.8) is 0 Å². The highest BCUT2D eigenvalue weighted by Gasteiger charge is 2.30. The van der Waals surface area contributed by atoms with Gasteiger partial charge in [0.25, 0.3) is 5.91 Å². The van der Waals surface area contributed by atoms with Gasteiger partial charge in [-0.3, -0.25) is 9.59 Å². The molecule has 0 aliphatic carbocycles. The fourth-order valence-corrected chi connectivity index (χ4v) is 3.13. The first-order valence-corrected chi connectivity index (χ1v) is 9.60. The maximum absolute atomic E-state index is 13.1. The average Bonchev–Trinajstić information content (AvgIpc) is 3.32. The number of rotatable bonds is 5. The molecule has 9 nitrogen and oxygen atoms in total. The van der Waals surface area contributed by atoms with Crippen LogP contribution in [0.2, 0.25) is 0 Å². The van der Waals surface area contributed by atoms with Crippen molar-refractivity contribution in [2.75, 3.05) is 0 Å². The molecule has 12 heteroatoms. The van der Waals surface area contributed by atoms with Crippen LogP contribution in [0.5, 0.6) is 0 Å². The lowest BCUT2D eigenvalue weighted by Gasteiger charge is -2.14. The molecular formula is C21H16F3N7O2. The van der Waals surface area contributed by atoms with E-state index in [4.69, 9.17) is 0 Å². The van der Waals surface area contributed by atoms with E-state index < -0.39 is 28.8 Å². The number of carbonyl (C=O) groups is 1. The summed E-state index contributed by atoms with van der Waals surface area (Å²) in [6, 6.07) is 8.99. The Morgan fingerprint density at radius 3 is 2.70 bits per heavy atom. The van der Waals surface area contributed by atoms with Gasteiger partial charge in [0.2, 0.25) is 5.43 Å². The Labute approximate surface area is 184 Å². The minimum atomic E-state index is -4.55. The number of hydrogen-bond donors (Lipinski definition) is 1. The molecule has 0 spiro atoms. The molecule has 4 aromatic rings. The zero-order valence-corrected chi connectivity index (χ0v) is 17.1. The normalized spacial score (nSPS) is 11.4. The van der Waals surface area contributed by atoms with E-state index in [0.717, 1.165) is 22.9 Å². The summed E-state index contributed by atoms with van der Waals surface area (Å²) >= 11 is 0. The van der Waals surface area contributed by atoms with Gasteiger partial charge in [-0.25, -0.2) is 19.3 Å². The molecule has 3 heterocycles. The Kier molecular flexibility index (Phi) is 5.73. The van der Waals surface area contributed by atoms with Crippen LogP contribution in [0.3, 0.4) is 0 Å². The lowest BCUT2D eigenvalue weighted by molar-refractivity contribution is -0.137. The molecule has 0 unspecified atom stereocenters. The summed E-state index contributed by atoms with van der Waals surface area (Å²) < 4.78 is 41.8. The van der Waals surface area contributed by atoms with Crippen molar-refractivity contribution in [1.82, 2.24) is 34.8 Å². The third-order valence-corrected chi connectivity index (χ3v) is 4.68. The van der Waals surface area contributed by atoms with Crippen molar-refractivity contribution in [2.24, 2.45) is 0 Å². The maximum atomic E-state index is 13.1. The van der Waals surface area contributed by atoms with Crippen LogP contribution in [-0.2, 0) is 12.7 Å². The Balaban J connectivity index is 1.62. The molecule has 33 heavy (non-hydrogen) atoms. The molecule has 0 saturated heterocycles. The van der Waals surface area contributed by atoms with Crippen molar-refractivity contribution in [3.8, 4) is 11.5 Å². The Bertz CT molecular complexity index is 1370. The predicted molar refractivity (Wildman–Crippen MR) is 110 cm³/mol. The van der Waals surface area contributed by atoms with Gasteiger partial charge in [-0.1, -0.05) is 12.1 Å². The van der Waals surface area contributed by atoms with Crippen LogP contribution in [-0.4, -0.2) is 35.4 Å². The molecule has 1 N–H and O–H groups in total. The van der Waals surface area contributed by atoms with Crippen LogP contribution in [0.25, 0.3) is 11.5 Å². The molecule has 0 bridgehead atoms. The Hall–Kier alpha value is -4.35. The first-order valence-electron chi connectivity index (χ1n) is 9.60. The van der Waals surface area contributed by atoms with Gasteiger partial charge in [-0.2, -0.15) is 23.4 Å². The summed E-state index contributed by atoms with van der Waals surface area (Å²) in [4.78, 5) is 33.2. The first kappa shape index (κ1) is 21.9. The molecule has 0 aliphatic heterocycles. The van der Waals surface area contributed by atoms with Gasteiger partial charge in [0.05, 0.1) is 11.3 Å². The second-order valence-corrected chi connectivity index (χ2v) is 6.97. The molecule has 0 fully saturated rings. The van der Waals surface area contributed by atoms with Gasteiger partial charge in [0, 0.05) is 30.1 Å². The summed E-state index contributed by atoms with van der Waals surface area (Å²) in [5.41, 5.74) is -1.04. The molecule has 1 amide bonds. The molecule has 0 atom stereocenters. The molecule has 0 saturated carbocycles. The van der Waals surface area contributed by atoms with Gasteiger partial charge in [-0.05, 0) is 31.2 Å². The summed E-state index contributed by atoms with van der Waals surface area (Å²) in [6.07, 6.45) is -0.210. The van der Waals surface area contributed by atoms with E-state index in [0.29, 0.717) is 11.4 Å². The van der Waals surface area contributed by atoms with E-state index >= 15 is 0 Å². The third-order valence-electron chi connectivity index (χ3n) is 4.68. The minimum Gasteiger partial charge on any atom is -0.346 e. The molecule has 168 valence electrons. The van der Waals surface area contributed by atoms with E-state index in [-0.39, 0.29) is 17.9 Å². The quantitative estimate of drug-likeness (QED) is 0.496. The summed E-state index contributed by atoms with van der Waals surface area (Å²) in [5.74, 6) is -0.345. The van der Waals surface area contributed by atoms with Crippen LogP contribution in [0.4, 0.5) is 13.2 Å². The van der Waals surface area contributed by atoms with Gasteiger partial charge in [-0.15, -0.1) is 0 Å². The van der Waals surface area contributed by atoms with Crippen molar-refractivity contribution in [3.05, 3.63) is 94.1 Å². The van der Waals surface area contributed by atoms with Crippen LogP contribution < -0.4 is 10.7 Å².